The summed E-state index contributed by atoms with van der Waals surface area (Å²) in [5, 5.41) is 11.8. The first-order valence-electron chi connectivity index (χ1n) is 10.4. The maximum absolute atomic E-state index is 13.1. The number of aromatic nitrogens is 1. The lowest BCUT2D eigenvalue weighted by atomic mass is 9.95. The number of ether oxygens (including phenoxy) is 1. The van der Waals surface area contributed by atoms with Crippen LogP contribution >= 0.6 is 23.2 Å². The molecule has 8 heteroatoms. The normalized spacial score (nSPS) is 17.1. The van der Waals surface area contributed by atoms with Crippen molar-refractivity contribution in [2.75, 3.05) is 6.61 Å². The van der Waals surface area contributed by atoms with Crippen molar-refractivity contribution in [1.29, 1.82) is 0 Å². The van der Waals surface area contributed by atoms with Gasteiger partial charge in [0.1, 0.15) is 18.1 Å². The van der Waals surface area contributed by atoms with Gasteiger partial charge in [0.05, 0.1) is 21.7 Å². The van der Waals surface area contributed by atoms with E-state index in [1.54, 1.807) is 73.1 Å². The summed E-state index contributed by atoms with van der Waals surface area (Å²) in [6, 6.07) is 14.1. The van der Waals surface area contributed by atoms with Gasteiger partial charge in [-0.05, 0) is 53.6 Å². The zero-order valence-corrected chi connectivity index (χ0v) is 19.5. The van der Waals surface area contributed by atoms with Crippen molar-refractivity contribution in [3.05, 3.63) is 112 Å². The number of amides is 1. The van der Waals surface area contributed by atoms with Crippen molar-refractivity contribution < 1.29 is 19.4 Å². The molecule has 2 aromatic carbocycles. The molecule has 2 heterocycles. The Bertz CT molecular complexity index is 1270. The van der Waals surface area contributed by atoms with Gasteiger partial charge in [-0.1, -0.05) is 48.0 Å². The molecule has 0 spiro atoms. The van der Waals surface area contributed by atoms with Crippen molar-refractivity contribution in [3.8, 4) is 5.75 Å². The summed E-state index contributed by atoms with van der Waals surface area (Å²) in [5.41, 5.74) is 1.62. The van der Waals surface area contributed by atoms with Gasteiger partial charge in [0.25, 0.3) is 11.7 Å². The Morgan fingerprint density at radius 1 is 1.12 bits per heavy atom. The highest BCUT2D eigenvalue weighted by Crippen LogP contribution is 2.41. The monoisotopic (exact) mass is 494 g/mol. The lowest BCUT2D eigenvalue weighted by Gasteiger charge is -2.25. The zero-order valence-electron chi connectivity index (χ0n) is 17.9. The molecule has 0 aliphatic carbocycles. The minimum atomic E-state index is -0.869. The van der Waals surface area contributed by atoms with E-state index in [9.17, 15) is 14.7 Å². The third-order valence-electron chi connectivity index (χ3n) is 5.37. The molecule has 34 heavy (non-hydrogen) atoms. The predicted octanol–water partition coefficient (Wildman–Crippen LogP) is 5.58. The van der Waals surface area contributed by atoms with Crippen molar-refractivity contribution in [2.24, 2.45) is 0 Å². The van der Waals surface area contributed by atoms with Gasteiger partial charge in [-0.15, -0.1) is 0 Å². The van der Waals surface area contributed by atoms with Crippen LogP contribution in [0.4, 0.5) is 0 Å². The maximum Gasteiger partial charge on any atom is 0.295 e. The number of ketones is 1. The minimum absolute atomic E-state index is 0.0351. The Labute approximate surface area is 206 Å². The SMILES string of the molecule is C=CCOc1ccc(C(O)=C2C(=O)C(=O)N(Cc3cccnc3)[C@@H]2c2ccc(Cl)c(Cl)c2)cc1. The quantitative estimate of drug-likeness (QED) is 0.201. The molecule has 1 aliphatic heterocycles. The first-order valence-corrected chi connectivity index (χ1v) is 11.1. The van der Waals surface area contributed by atoms with Crippen LogP contribution in [0.1, 0.15) is 22.7 Å². The van der Waals surface area contributed by atoms with Crippen LogP contribution in [0.15, 0.2) is 85.2 Å². The lowest BCUT2D eigenvalue weighted by Crippen LogP contribution is -2.29. The van der Waals surface area contributed by atoms with E-state index in [1.165, 1.54) is 4.90 Å². The first-order chi connectivity index (χ1) is 16.4. The molecule has 172 valence electrons. The molecule has 1 N–H and O–H groups in total. The zero-order chi connectivity index (χ0) is 24.2. The highest BCUT2D eigenvalue weighted by Gasteiger charge is 2.46. The molecule has 1 atom stereocenters. The number of nitrogens with zero attached hydrogens (tertiary/aromatic N) is 2. The maximum atomic E-state index is 13.1. The molecule has 0 bridgehead atoms. The van der Waals surface area contributed by atoms with Gasteiger partial charge in [0.2, 0.25) is 0 Å². The van der Waals surface area contributed by atoms with Crippen LogP contribution in [0.3, 0.4) is 0 Å². The van der Waals surface area contributed by atoms with E-state index < -0.39 is 17.7 Å². The molecular formula is C26H20Cl2N2O4. The highest BCUT2D eigenvalue weighted by molar-refractivity contribution is 6.46. The van der Waals surface area contributed by atoms with E-state index in [0.717, 1.165) is 5.56 Å². The number of hydrogen-bond donors (Lipinski definition) is 1. The van der Waals surface area contributed by atoms with E-state index in [0.29, 0.717) is 28.5 Å². The fourth-order valence-electron chi connectivity index (χ4n) is 3.78. The van der Waals surface area contributed by atoms with Crippen LogP contribution in [0.5, 0.6) is 5.75 Å². The third-order valence-corrected chi connectivity index (χ3v) is 6.11. The van der Waals surface area contributed by atoms with Gasteiger partial charge in [0, 0.05) is 24.5 Å². The number of aliphatic hydroxyl groups excluding tert-OH is 1. The Balaban J connectivity index is 1.81. The molecular weight excluding hydrogens is 475 g/mol. The fraction of sp³-hybridized carbons (Fsp3) is 0.115. The van der Waals surface area contributed by atoms with Gasteiger partial charge in [-0.2, -0.15) is 0 Å². The minimum Gasteiger partial charge on any atom is -0.507 e. The summed E-state index contributed by atoms with van der Waals surface area (Å²) in [5.74, 6) is -1.23. The Kier molecular flexibility index (Phi) is 7.01. The number of benzene rings is 2. The summed E-state index contributed by atoms with van der Waals surface area (Å²) in [4.78, 5) is 31.7. The molecule has 1 aromatic heterocycles. The fourth-order valence-corrected chi connectivity index (χ4v) is 4.09. The molecule has 0 unspecified atom stereocenters. The number of Topliss-reactive ketones (excluding diaryl/α,β-unsaturated/α-hetero) is 1. The van der Waals surface area contributed by atoms with Crippen molar-refractivity contribution in [2.45, 2.75) is 12.6 Å². The summed E-state index contributed by atoms with van der Waals surface area (Å²) < 4.78 is 5.47. The number of hydrogen-bond acceptors (Lipinski definition) is 5. The van der Waals surface area contributed by atoms with E-state index in [1.807, 2.05) is 0 Å². The largest absolute Gasteiger partial charge is 0.507 e. The standard InChI is InChI=1S/C26H20Cl2N2O4/c1-2-12-34-19-8-5-17(6-9-19)24(31)22-23(18-7-10-20(27)21(28)13-18)30(26(33)25(22)32)15-16-4-3-11-29-14-16/h2-11,13-14,23,31H,1,12,15H2/t23-/m1/s1. The van der Waals surface area contributed by atoms with Crippen molar-refractivity contribution >= 4 is 40.7 Å². The number of aliphatic hydroxyl groups is 1. The van der Waals surface area contributed by atoms with Gasteiger partial charge in [0.15, 0.2) is 0 Å². The number of carbonyl (C=O) groups excluding carboxylic acids is 2. The van der Waals surface area contributed by atoms with Gasteiger partial charge >= 0.3 is 0 Å². The molecule has 1 amide bonds. The Hall–Kier alpha value is -3.61. The van der Waals surface area contributed by atoms with Crippen LogP contribution in [0.25, 0.3) is 5.76 Å². The molecule has 0 radical (unpaired) electrons. The van der Waals surface area contributed by atoms with E-state index >= 15 is 0 Å². The molecule has 4 rings (SSSR count). The van der Waals surface area contributed by atoms with E-state index in [-0.39, 0.29) is 22.9 Å². The van der Waals surface area contributed by atoms with Gasteiger partial charge in [-0.3, -0.25) is 14.6 Å². The molecule has 1 aliphatic rings. The molecule has 3 aromatic rings. The van der Waals surface area contributed by atoms with Crippen LogP contribution in [0.2, 0.25) is 10.0 Å². The lowest BCUT2D eigenvalue weighted by molar-refractivity contribution is -0.140. The average molecular weight is 495 g/mol. The second-order valence-electron chi connectivity index (χ2n) is 7.59. The summed E-state index contributed by atoms with van der Waals surface area (Å²) in [6.07, 6.45) is 4.86. The van der Waals surface area contributed by atoms with Crippen LogP contribution in [-0.2, 0) is 16.1 Å². The summed E-state index contributed by atoms with van der Waals surface area (Å²) in [6.45, 7) is 4.06. The van der Waals surface area contributed by atoms with Crippen molar-refractivity contribution in [1.82, 2.24) is 9.88 Å². The number of carbonyl (C=O) groups is 2. The molecule has 1 saturated heterocycles. The van der Waals surface area contributed by atoms with Crippen LogP contribution in [-0.4, -0.2) is 33.3 Å². The molecule has 1 fully saturated rings. The third kappa shape index (κ3) is 4.69. The number of halogens is 2. The first kappa shape index (κ1) is 23.5. The molecule has 0 saturated carbocycles. The van der Waals surface area contributed by atoms with Gasteiger partial charge in [-0.25, -0.2) is 0 Å². The van der Waals surface area contributed by atoms with E-state index in [4.69, 9.17) is 27.9 Å². The van der Waals surface area contributed by atoms with Gasteiger partial charge < -0.3 is 14.7 Å². The number of likely N-dealkylation sites (tertiary alicyclic amines) is 1. The molecule has 6 nitrogen and oxygen atoms in total. The van der Waals surface area contributed by atoms with Crippen molar-refractivity contribution in [3.63, 3.8) is 0 Å². The summed E-state index contributed by atoms with van der Waals surface area (Å²) in [7, 11) is 0. The Morgan fingerprint density at radius 2 is 1.88 bits per heavy atom. The smallest absolute Gasteiger partial charge is 0.295 e. The van der Waals surface area contributed by atoms with Crippen LogP contribution in [0, 0.1) is 0 Å². The Morgan fingerprint density at radius 3 is 2.53 bits per heavy atom. The topological polar surface area (TPSA) is 79.7 Å². The van der Waals surface area contributed by atoms with Crippen LogP contribution < -0.4 is 4.74 Å². The number of pyridine rings is 1. The second kappa shape index (κ2) is 10.1. The number of rotatable bonds is 7. The highest BCUT2D eigenvalue weighted by atomic mass is 35.5. The average Bonchev–Trinajstić information content (AvgIpc) is 3.10. The predicted molar refractivity (Wildman–Crippen MR) is 131 cm³/mol. The van der Waals surface area contributed by atoms with E-state index in [2.05, 4.69) is 11.6 Å². The second-order valence-corrected chi connectivity index (χ2v) is 8.40. The summed E-state index contributed by atoms with van der Waals surface area (Å²) >= 11 is 12.3.